The van der Waals surface area contributed by atoms with Crippen molar-refractivity contribution in [3.63, 3.8) is 0 Å². The lowest BCUT2D eigenvalue weighted by molar-refractivity contribution is 0.0608. The van der Waals surface area contributed by atoms with Crippen LogP contribution in [0.15, 0.2) is 54.9 Å². The van der Waals surface area contributed by atoms with Gasteiger partial charge in [0.15, 0.2) is 0 Å². The Kier molecular flexibility index (Phi) is 6.24. The molecule has 0 amide bonds. The molecule has 5 heterocycles. The van der Waals surface area contributed by atoms with E-state index in [0.29, 0.717) is 5.92 Å². The number of hydrogen-bond donors (Lipinski definition) is 1. The largest absolute Gasteiger partial charge is 0.386 e. The van der Waals surface area contributed by atoms with E-state index in [2.05, 4.69) is 45.2 Å². The summed E-state index contributed by atoms with van der Waals surface area (Å²) < 4.78 is 9.87. The second-order valence-corrected chi connectivity index (χ2v) is 11.0. The average Bonchev–Trinajstić information content (AvgIpc) is 3.43. The van der Waals surface area contributed by atoms with E-state index < -0.39 is 5.60 Å². The van der Waals surface area contributed by atoms with Crippen LogP contribution in [0.3, 0.4) is 0 Å². The Bertz CT molecular complexity index is 1570. The van der Waals surface area contributed by atoms with E-state index >= 15 is 0 Å². The van der Waals surface area contributed by atoms with Crippen LogP contribution in [-0.2, 0) is 17.4 Å². The minimum absolute atomic E-state index is 0.000774. The van der Waals surface area contributed by atoms with Crippen molar-refractivity contribution in [1.82, 2.24) is 29.5 Å². The molecular formula is C30H34N6O2. The molecule has 1 N–H and O–H groups in total. The summed E-state index contributed by atoms with van der Waals surface area (Å²) in [6, 6.07) is 14.6. The number of nitrogens with zero attached hydrogens (tertiary/aromatic N) is 6. The third-order valence-corrected chi connectivity index (χ3v) is 7.85. The summed E-state index contributed by atoms with van der Waals surface area (Å²) in [5, 5.41) is 20.4. The molecule has 1 atom stereocenters. The van der Waals surface area contributed by atoms with Crippen LogP contribution >= 0.6 is 0 Å². The Balaban J connectivity index is 1.64. The third kappa shape index (κ3) is 4.37. The first kappa shape index (κ1) is 24.7. The van der Waals surface area contributed by atoms with E-state index in [-0.39, 0.29) is 6.04 Å². The van der Waals surface area contributed by atoms with Crippen molar-refractivity contribution in [3.05, 3.63) is 71.8 Å². The normalized spacial score (nSPS) is 15.9. The summed E-state index contributed by atoms with van der Waals surface area (Å²) in [7, 11) is 1.91. The number of fused-ring (bicyclic) bond motifs is 3. The number of aromatic nitrogens is 6. The number of hydrogen-bond acceptors (Lipinski definition) is 6. The lowest BCUT2D eigenvalue weighted by Gasteiger charge is -2.29. The molecule has 1 unspecified atom stereocenters. The zero-order valence-corrected chi connectivity index (χ0v) is 22.4. The molecule has 196 valence electrons. The molecular weight excluding hydrogens is 476 g/mol. The van der Waals surface area contributed by atoms with Gasteiger partial charge in [-0.25, -0.2) is 4.68 Å². The van der Waals surface area contributed by atoms with Crippen molar-refractivity contribution in [3.8, 4) is 11.3 Å². The molecule has 0 aliphatic carbocycles. The molecule has 1 aliphatic heterocycles. The van der Waals surface area contributed by atoms with Crippen molar-refractivity contribution in [1.29, 1.82) is 0 Å². The predicted octanol–water partition coefficient (Wildman–Crippen LogP) is 5.32. The van der Waals surface area contributed by atoms with Crippen molar-refractivity contribution in [2.45, 2.75) is 51.7 Å². The summed E-state index contributed by atoms with van der Waals surface area (Å²) in [4.78, 5) is 9.83. The zero-order valence-electron chi connectivity index (χ0n) is 22.4. The highest BCUT2D eigenvalue weighted by Gasteiger charge is 2.28. The zero-order chi connectivity index (χ0) is 26.4. The fourth-order valence-corrected chi connectivity index (χ4v) is 5.84. The van der Waals surface area contributed by atoms with Gasteiger partial charge >= 0.3 is 0 Å². The Labute approximate surface area is 222 Å². The molecule has 1 aliphatic rings. The van der Waals surface area contributed by atoms with Crippen LogP contribution in [0.25, 0.3) is 33.2 Å². The van der Waals surface area contributed by atoms with Gasteiger partial charge in [-0.1, -0.05) is 23.4 Å². The highest BCUT2D eigenvalue weighted by molar-refractivity contribution is 6.07. The Hall–Kier alpha value is -3.62. The van der Waals surface area contributed by atoms with Gasteiger partial charge in [0.25, 0.3) is 0 Å². The predicted molar refractivity (Wildman–Crippen MR) is 148 cm³/mol. The quantitative estimate of drug-likeness (QED) is 0.332. The molecule has 1 saturated heterocycles. The Morgan fingerprint density at radius 3 is 2.58 bits per heavy atom. The highest BCUT2D eigenvalue weighted by Crippen LogP contribution is 2.40. The number of pyridine rings is 2. The fourth-order valence-electron chi connectivity index (χ4n) is 5.84. The van der Waals surface area contributed by atoms with Crippen LogP contribution in [0, 0.1) is 12.8 Å². The molecule has 0 radical (unpaired) electrons. The molecule has 6 rings (SSSR count). The molecule has 0 spiro atoms. The van der Waals surface area contributed by atoms with Crippen LogP contribution in [-0.4, -0.2) is 47.8 Å². The Morgan fingerprint density at radius 1 is 1.08 bits per heavy atom. The van der Waals surface area contributed by atoms with Crippen LogP contribution in [0.1, 0.15) is 56.1 Å². The summed E-state index contributed by atoms with van der Waals surface area (Å²) in [5.74, 6) is 0.528. The monoisotopic (exact) mass is 510 g/mol. The second kappa shape index (κ2) is 9.60. The van der Waals surface area contributed by atoms with E-state index in [1.54, 1.807) is 4.68 Å². The SMILES string of the molecule is Cc1nnn(C)c1-c1cnc2c3ccc(C(C)(C)O)cc3n(C(CC3CCOCC3)c3ccccn3)c2c1. The lowest BCUT2D eigenvalue weighted by atomic mass is 9.90. The minimum atomic E-state index is -0.966. The van der Waals surface area contributed by atoms with E-state index in [4.69, 9.17) is 14.7 Å². The van der Waals surface area contributed by atoms with Gasteiger partial charge in [0.1, 0.15) is 0 Å². The van der Waals surface area contributed by atoms with Gasteiger partial charge in [-0.2, -0.15) is 0 Å². The number of benzene rings is 1. The number of aryl methyl sites for hydroxylation is 2. The molecule has 4 aromatic heterocycles. The van der Waals surface area contributed by atoms with Gasteiger partial charge in [-0.3, -0.25) is 9.97 Å². The first-order valence-corrected chi connectivity index (χ1v) is 13.3. The van der Waals surface area contributed by atoms with Crippen LogP contribution in [0.2, 0.25) is 0 Å². The summed E-state index contributed by atoms with van der Waals surface area (Å²) in [6.07, 6.45) is 6.81. The second-order valence-electron chi connectivity index (χ2n) is 11.0. The van der Waals surface area contributed by atoms with Crippen LogP contribution < -0.4 is 0 Å². The van der Waals surface area contributed by atoms with Gasteiger partial charge in [-0.05, 0) is 75.8 Å². The summed E-state index contributed by atoms with van der Waals surface area (Å²) in [5.41, 5.74) is 6.73. The van der Waals surface area contributed by atoms with E-state index in [1.165, 1.54) is 0 Å². The van der Waals surface area contributed by atoms with Gasteiger partial charge in [0.2, 0.25) is 0 Å². The Morgan fingerprint density at radius 2 is 1.89 bits per heavy atom. The molecule has 0 saturated carbocycles. The van der Waals surface area contributed by atoms with Crippen molar-refractivity contribution < 1.29 is 9.84 Å². The molecule has 8 heteroatoms. The number of ether oxygens (including phenoxy) is 1. The molecule has 1 aromatic carbocycles. The number of aliphatic hydroxyl groups is 1. The van der Waals surface area contributed by atoms with Crippen LogP contribution in [0.4, 0.5) is 0 Å². The van der Waals surface area contributed by atoms with Gasteiger partial charge in [-0.15, -0.1) is 5.10 Å². The molecule has 0 bridgehead atoms. The molecule has 38 heavy (non-hydrogen) atoms. The van der Waals surface area contributed by atoms with Gasteiger partial charge < -0.3 is 14.4 Å². The summed E-state index contributed by atoms with van der Waals surface area (Å²) in [6.45, 7) is 7.23. The lowest BCUT2D eigenvalue weighted by Crippen LogP contribution is -2.22. The first-order chi connectivity index (χ1) is 18.3. The molecule has 8 nitrogen and oxygen atoms in total. The minimum Gasteiger partial charge on any atom is -0.386 e. The first-order valence-electron chi connectivity index (χ1n) is 13.3. The maximum atomic E-state index is 10.9. The van der Waals surface area contributed by atoms with Crippen molar-refractivity contribution >= 4 is 21.9 Å². The average molecular weight is 511 g/mol. The van der Waals surface area contributed by atoms with Gasteiger partial charge in [0.05, 0.1) is 45.3 Å². The maximum Gasteiger partial charge on any atom is 0.0960 e. The van der Waals surface area contributed by atoms with Crippen LogP contribution in [0.5, 0.6) is 0 Å². The van der Waals surface area contributed by atoms with Gasteiger partial charge in [0, 0.05) is 43.6 Å². The smallest absolute Gasteiger partial charge is 0.0960 e. The topological polar surface area (TPSA) is 90.9 Å². The van der Waals surface area contributed by atoms with E-state index in [9.17, 15) is 5.11 Å². The van der Waals surface area contributed by atoms with E-state index in [0.717, 1.165) is 82.6 Å². The van der Waals surface area contributed by atoms with E-state index in [1.807, 2.05) is 52.3 Å². The summed E-state index contributed by atoms with van der Waals surface area (Å²) >= 11 is 0. The number of rotatable bonds is 6. The molecule has 5 aromatic rings. The van der Waals surface area contributed by atoms with Crippen molar-refractivity contribution in [2.75, 3.05) is 13.2 Å². The third-order valence-electron chi connectivity index (χ3n) is 7.85. The van der Waals surface area contributed by atoms with Crippen molar-refractivity contribution in [2.24, 2.45) is 13.0 Å². The highest BCUT2D eigenvalue weighted by atomic mass is 16.5. The standard InChI is InChI=1S/C30H34N6O2/c1-19-29(35(4)34-33-19)21-16-27-28(32-18-21)23-9-8-22(30(2,3)37)17-25(23)36(27)26(24-7-5-6-12-31-24)15-20-10-13-38-14-11-20/h5-9,12,16-18,20,26,37H,10-11,13-15H2,1-4H3. The molecule has 1 fully saturated rings. The maximum absolute atomic E-state index is 10.9. The fraction of sp³-hybridized carbons (Fsp3) is 0.400.